The van der Waals surface area contributed by atoms with Crippen LogP contribution in [0.25, 0.3) is 0 Å². The number of benzene rings is 2. The molecule has 0 saturated carbocycles. The Morgan fingerprint density at radius 2 is 1.87 bits per heavy atom. The van der Waals surface area contributed by atoms with E-state index >= 15 is 0 Å². The molecule has 2 aromatic rings. The Labute approximate surface area is 176 Å². The molecule has 3 rings (SSSR count). The van der Waals surface area contributed by atoms with Gasteiger partial charge in [-0.1, -0.05) is 30.3 Å². The number of nitrogens with zero attached hydrogens (tertiary/aromatic N) is 2. The summed E-state index contributed by atoms with van der Waals surface area (Å²) in [4.78, 5) is 18.4. The standard InChI is InChI=1S/C23H29FN4O2/c1-26-23(27-16-18(22(25)29)15-17-7-9-19(24)10-8-17)28-13-11-21(12-14-28)30-20-5-3-2-4-6-20/h2-10,18,21H,11-16H2,1H3,(H2,25,29)(H,26,27). The minimum atomic E-state index is -0.411. The number of ether oxygens (including phenoxy) is 1. The molecule has 160 valence electrons. The van der Waals surface area contributed by atoms with E-state index in [1.54, 1.807) is 19.2 Å². The monoisotopic (exact) mass is 412 g/mol. The molecule has 1 aliphatic rings. The Balaban J connectivity index is 1.49. The van der Waals surface area contributed by atoms with Crippen LogP contribution in [0.1, 0.15) is 18.4 Å². The molecule has 3 N–H and O–H groups in total. The highest BCUT2D eigenvalue weighted by molar-refractivity contribution is 5.82. The summed E-state index contributed by atoms with van der Waals surface area (Å²) in [6, 6.07) is 16.0. The number of halogens is 1. The minimum absolute atomic E-state index is 0.179. The van der Waals surface area contributed by atoms with E-state index in [1.807, 2.05) is 30.3 Å². The van der Waals surface area contributed by atoms with Gasteiger partial charge in [-0.2, -0.15) is 0 Å². The number of para-hydroxylation sites is 1. The molecule has 2 aromatic carbocycles. The number of likely N-dealkylation sites (tertiary alicyclic amines) is 1. The second kappa shape index (κ2) is 10.6. The van der Waals surface area contributed by atoms with Crippen LogP contribution in [0.4, 0.5) is 4.39 Å². The predicted octanol–water partition coefficient (Wildman–Crippen LogP) is 2.59. The van der Waals surface area contributed by atoms with Gasteiger partial charge < -0.3 is 20.7 Å². The molecule has 0 bridgehead atoms. The number of piperidine rings is 1. The summed E-state index contributed by atoms with van der Waals surface area (Å²) in [6.07, 6.45) is 2.42. The summed E-state index contributed by atoms with van der Waals surface area (Å²) in [5.74, 6) is 0.540. The van der Waals surface area contributed by atoms with Crippen LogP contribution in [0.3, 0.4) is 0 Å². The molecule has 1 amide bonds. The molecule has 1 heterocycles. The highest BCUT2D eigenvalue weighted by Crippen LogP contribution is 2.19. The number of carbonyl (C=O) groups is 1. The molecule has 0 spiro atoms. The maximum absolute atomic E-state index is 13.1. The first-order chi connectivity index (χ1) is 14.5. The SMILES string of the molecule is CN=C(NCC(Cc1ccc(F)cc1)C(N)=O)N1CCC(Oc2ccccc2)CC1. The van der Waals surface area contributed by atoms with Crippen molar-refractivity contribution in [3.05, 3.63) is 66.0 Å². The van der Waals surface area contributed by atoms with Crippen LogP contribution in [-0.4, -0.2) is 49.6 Å². The van der Waals surface area contributed by atoms with Crippen LogP contribution in [0.2, 0.25) is 0 Å². The topological polar surface area (TPSA) is 79.9 Å². The van der Waals surface area contributed by atoms with Crippen molar-refractivity contribution in [2.24, 2.45) is 16.6 Å². The van der Waals surface area contributed by atoms with Gasteiger partial charge in [0.25, 0.3) is 0 Å². The first-order valence-electron chi connectivity index (χ1n) is 10.3. The number of carbonyl (C=O) groups excluding carboxylic acids is 1. The fraction of sp³-hybridized carbons (Fsp3) is 0.391. The molecule has 30 heavy (non-hydrogen) atoms. The third-order valence-corrected chi connectivity index (χ3v) is 5.30. The zero-order valence-corrected chi connectivity index (χ0v) is 17.3. The molecular weight excluding hydrogens is 383 g/mol. The third kappa shape index (κ3) is 6.20. The van der Waals surface area contributed by atoms with Gasteiger partial charge >= 0.3 is 0 Å². The first kappa shape index (κ1) is 21.6. The lowest BCUT2D eigenvalue weighted by Gasteiger charge is -2.34. The number of amides is 1. The molecule has 1 fully saturated rings. The lowest BCUT2D eigenvalue weighted by molar-refractivity contribution is -0.121. The van der Waals surface area contributed by atoms with Gasteiger partial charge in [0, 0.05) is 39.5 Å². The molecular formula is C23H29FN4O2. The second-order valence-corrected chi connectivity index (χ2v) is 7.48. The lowest BCUT2D eigenvalue weighted by Crippen LogP contribution is -2.49. The van der Waals surface area contributed by atoms with E-state index < -0.39 is 11.8 Å². The van der Waals surface area contributed by atoms with Gasteiger partial charge in [-0.3, -0.25) is 9.79 Å². The van der Waals surface area contributed by atoms with Crippen molar-refractivity contribution in [2.45, 2.75) is 25.4 Å². The highest BCUT2D eigenvalue weighted by atomic mass is 19.1. The van der Waals surface area contributed by atoms with Gasteiger partial charge in [-0.25, -0.2) is 4.39 Å². The van der Waals surface area contributed by atoms with Crippen molar-refractivity contribution in [1.82, 2.24) is 10.2 Å². The Hall–Kier alpha value is -3.09. The van der Waals surface area contributed by atoms with E-state index in [0.29, 0.717) is 13.0 Å². The summed E-state index contributed by atoms with van der Waals surface area (Å²) in [7, 11) is 1.73. The largest absolute Gasteiger partial charge is 0.490 e. The van der Waals surface area contributed by atoms with Gasteiger partial charge in [0.2, 0.25) is 5.91 Å². The van der Waals surface area contributed by atoms with E-state index in [1.165, 1.54) is 12.1 Å². The maximum atomic E-state index is 13.1. The summed E-state index contributed by atoms with van der Waals surface area (Å²) >= 11 is 0. The molecule has 1 aliphatic heterocycles. The average molecular weight is 413 g/mol. The number of rotatable bonds is 7. The molecule has 1 saturated heterocycles. The zero-order chi connectivity index (χ0) is 21.3. The van der Waals surface area contributed by atoms with Crippen molar-refractivity contribution < 1.29 is 13.9 Å². The molecule has 7 heteroatoms. The summed E-state index contributed by atoms with van der Waals surface area (Å²) in [5.41, 5.74) is 6.46. The molecule has 0 aromatic heterocycles. The van der Waals surface area contributed by atoms with Crippen LogP contribution >= 0.6 is 0 Å². The summed E-state index contributed by atoms with van der Waals surface area (Å²) in [5, 5.41) is 3.28. The van der Waals surface area contributed by atoms with Gasteiger partial charge in [0.15, 0.2) is 5.96 Å². The van der Waals surface area contributed by atoms with Crippen molar-refractivity contribution >= 4 is 11.9 Å². The van der Waals surface area contributed by atoms with Gasteiger partial charge in [-0.15, -0.1) is 0 Å². The van der Waals surface area contributed by atoms with Crippen molar-refractivity contribution in [3.63, 3.8) is 0 Å². The number of aliphatic imine (C=N–C) groups is 1. The maximum Gasteiger partial charge on any atom is 0.222 e. The minimum Gasteiger partial charge on any atom is -0.490 e. The Morgan fingerprint density at radius 3 is 2.47 bits per heavy atom. The highest BCUT2D eigenvalue weighted by Gasteiger charge is 2.24. The van der Waals surface area contributed by atoms with E-state index in [4.69, 9.17) is 10.5 Å². The smallest absolute Gasteiger partial charge is 0.222 e. The van der Waals surface area contributed by atoms with Crippen LogP contribution in [-0.2, 0) is 11.2 Å². The second-order valence-electron chi connectivity index (χ2n) is 7.48. The number of primary amides is 1. The number of hydrogen-bond acceptors (Lipinski definition) is 3. The van der Waals surface area contributed by atoms with E-state index in [0.717, 1.165) is 43.2 Å². The number of nitrogens with one attached hydrogen (secondary N) is 1. The number of nitrogens with two attached hydrogens (primary N) is 1. The molecule has 6 nitrogen and oxygen atoms in total. The molecule has 0 radical (unpaired) electrons. The van der Waals surface area contributed by atoms with Gasteiger partial charge in [-0.05, 0) is 36.2 Å². The number of hydrogen-bond donors (Lipinski definition) is 2. The van der Waals surface area contributed by atoms with Crippen molar-refractivity contribution in [2.75, 3.05) is 26.7 Å². The Bertz CT molecular complexity index is 834. The average Bonchev–Trinajstić information content (AvgIpc) is 2.76. The zero-order valence-electron chi connectivity index (χ0n) is 17.3. The van der Waals surface area contributed by atoms with Crippen LogP contribution in [0.15, 0.2) is 59.6 Å². The first-order valence-corrected chi connectivity index (χ1v) is 10.3. The van der Waals surface area contributed by atoms with Crippen LogP contribution in [0, 0.1) is 11.7 Å². The van der Waals surface area contributed by atoms with Crippen LogP contribution in [0.5, 0.6) is 5.75 Å². The number of guanidine groups is 1. The van der Waals surface area contributed by atoms with Gasteiger partial charge in [0.05, 0.1) is 5.92 Å². The van der Waals surface area contributed by atoms with E-state index in [2.05, 4.69) is 15.2 Å². The molecule has 0 aliphatic carbocycles. The van der Waals surface area contributed by atoms with Gasteiger partial charge in [0.1, 0.15) is 17.7 Å². The normalized spacial score (nSPS) is 16.2. The quantitative estimate of drug-likeness (QED) is 0.541. The van der Waals surface area contributed by atoms with Crippen molar-refractivity contribution in [3.8, 4) is 5.75 Å². The predicted molar refractivity (Wildman–Crippen MR) is 116 cm³/mol. The van der Waals surface area contributed by atoms with E-state index in [-0.39, 0.29) is 11.9 Å². The van der Waals surface area contributed by atoms with E-state index in [9.17, 15) is 9.18 Å². The van der Waals surface area contributed by atoms with Crippen molar-refractivity contribution in [1.29, 1.82) is 0 Å². The Morgan fingerprint density at radius 1 is 1.20 bits per heavy atom. The molecule has 1 unspecified atom stereocenters. The summed E-state index contributed by atoms with van der Waals surface area (Å²) in [6.45, 7) is 2.01. The fourth-order valence-electron chi connectivity index (χ4n) is 3.60. The molecule has 1 atom stereocenters. The van der Waals surface area contributed by atoms with Crippen LogP contribution < -0.4 is 15.8 Å². The summed E-state index contributed by atoms with van der Waals surface area (Å²) < 4.78 is 19.2. The lowest BCUT2D eigenvalue weighted by atomic mass is 9.98. The third-order valence-electron chi connectivity index (χ3n) is 5.30. The Kier molecular flexibility index (Phi) is 7.65. The fourth-order valence-corrected chi connectivity index (χ4v) is 3.60.